The van der Waals surface area contributed by atoms with Gasteiger partial charge in [0.25, 0.3) is 0 Å². The van der Waals surface area contributed by atoms with Crippen LogP contribution >= 0.6 is 0 Å². The van der Waals surface area contributed by atoms with Gasteiger partial charge in [-0.25, -0.2) is 0 Å². The first-order chi connectivity index (χ1) is 8.29. The highest BCUT2D eigenvalue weighted by molar-refractivity contribution is 5.83. The van der Waals surface area contributed by atoms with Crippen LogP contribution < -0.4 is 11.1 Å². The van der Waals surface area contributed by atoms with E-state index in [2.05, 4.69) is 5.32 Å². The van der Waals surface area contributed by atoms with Crippen LogP contribution in [-0.4, -0.2) is 18.1 Å². The second kappa shape index (κ2) is 5.86. The van der Waals surface area contributed by atoms with Crippen molar-refractivity contribution in [2.75, 3.05) is 0 Å². The van der Waals surface area contributed by atoms with E-state index in [-0.39, 0.29) is 0 Å². The van der Waals surface area contributed by atoms with Crippen molar-refractivity contribution < 1.29 is 18.0 Å². The number of amides is 1. The fourth-order valence-electron chi connectivity index (χ4n) is 1.54. The number of benzene rings is 1. The van der Waals surface area contributed by atoms with Crippen LogP contribution in [0.1, 0.15) is 24.9 Å². The number of carbonyl (C=O) groups excluding carboxylic acids is 1. The average molecular weight is 260 g/mol. The van der Waals surface area contributed by atoms with Crippen molar-refractivity contribution in [3.8, 4) is 0 Å². The van der Waals surface area contributed by atoms with Gasteiger partial charge < -0.3 is 11.1 Å². The monoisotopic (exact) mass is 260 g/mol. The van der Waals surface area contributed by atoms with E-state index in [4.69, 9.17) is 5.73 Å². The van der Waals surface area contributed by atoms with Crippen LogP contribution in [0, 0.1) is 0 Å². The molecule has 0 aliphatic rings. The number of hydrogen-bond acceptors (Lipinski definition) is 2. The number of halogens is 3. The Morgan fingerprint density at radius 2 is 1.89 bits per heavy atom. The number of carbonyl (C=O) groups is 1. The quantitative estimate of drug-likeness (QED) is 0.871. The van der Waals surface area contributed by atoms with Crippen LogP contribution in [0.15, 0.2) is 30.3 Å². The molecule has 0 aliphatic heterocycles. The number of alkyl halides is 3. The van der Waals surface area contributed by atoms with E-state index in [1.54, 1.807) is 30.3 Å². The Morgan fingerprint density at radius 3 is 2.39 bits per heavy atom. The minimum absolute atomic E-state index is 0.564. The van der Waals surface area contributed by atoms with Crippen molar-refractivity contribution in [2.24, 2.45) is 5.73 Å². The zero-order chi connectivity index (χ0) is 13.8. The molecule has 100 valence electrons. The molecule has 18 heavy (non-hydrogen) atoms. The smallest absolute Gasteiger partial charge is 0.352 e. The summed E-state index contributed by atoms with van der Waals surface area (Å²) >= 11 is 0. The summed E-state index contributed by atoms with van der Waals surface area (Å²) in [7, 11) is 0. The molecule has 3 nitrogen and oxygen atoms in total. The zero-order valence-corrected chi connectivity index (χ0v) is 9.87. The molecular weight excluding hydrogens is 245 g/mol. The van der Waals surface area contributed by atoms with E-state index in [0.717, 1.165) is 0 Å². The third-order valence-corrected chi connectivity index (χ3v) is 2.37. The second-order valence-corrected chi connectivity index (χ2v) is 4.12. The first-order valence-corrected chi connectivity index (χ1v) is 5.47. The van der Waals surface area contributed by atoms with Crippen molar-refractivity contribution in [2.45, 2.75) is 31.6 Å². The van der Waals surface area contributed by atoms with Crippen LogP contribution in [0.5, 0.6) is 0 Å². The largest absolute Gasteiger partial charge is 0.391 e. The van der Waals surface area contributed by atoms with Crippen molar-refractivity contribution in [3.63, 3.8) is 0 Å². The Hall–Kier alpha value is -1.56. The average Bonchev–Trinajstić information content (AvgIpc) is 2.26. The van der Waals surface area contributed by atoms with Crippen molar-refractivity contribution in [1.82, 2.24) is 5.32 Å². The van der Waals surface area contributed by atoms with E-state index < -0.39 is 30.6 Å². The summed E-state index contributed by atoms with van der Waals surface area (Å²) in [6.07, 6.45) is -5.37. The Balaban J connectivity index is 2.56. The molecule has 3 N–H and O–H groups in total. The molecule has 0 aromatic heterocycles. The summed E-state index contributed by atoms with van der Waals surface area (Å²) < 4.78 is 36.3. The van der Waals surface area contributed by atoms with E-state index in [1.165, 1.54) is 6.92 Å². The molecule has 0 spiro atoms. The second-order valence-electron chi connectivity index (χ2n) is 4.12. The summed E-state index contributed by atoms with van der Waals surface area (Å²) in [6, 6.07) is 6.54. The van der Waals surface area contributed by atoms with E-state index in [0.29, 0.717) is 5.56 Å². The standard InChI is InChI=1S/C12H15F3N2O/c1-8(7-12(13,14)15)17-11(18)10(16)9-5-3-2-4-6-9/h2-6,8,10H,7,16H2,1H3,(H,17,18). The number of hydrogen-bond donors (Lipinski definition) is 2. The summed E-state index contributed by atoms with van der Waals surface area (Å²) in [4.78, 5) is 11.6. The zero-order valence-electron chi connectivity index (χ0n) is 9.87. The molecule has 2 unspecified atom stereocenters. The fourth-order valence-corrected chi connectivity index (χ4v) is 1.54. The Kier molecular flexibility index (Phi) is 4.72. The summed E-state index contributed by atoms with van der Waals surface area (Å²) in [5, 5.41) is 2.25. The summed E-state index contributed by atoms with van der Waals surface area (Å²) in [5.74, 6) is -0.613. The molecule has 1 aromatic carbocycles. The maximum Gasteiger partial charge on any atom is 0.391 e. The van der Waals surface area contributed by atoms with Gasteiger partial charge in [-0.2, -0.15) is 13.2 Å². The Morgan fingerprint density at radius 1 is 1.33 bits per heavy atom. The van der Waals surface area contributed by atoms with Gasteiger partial charge in [0, 0.05) is 6.04 Å². The highest BCUT2D eigenvalue weighted by Crippen LogP contribution is 2.21. The van der Waals surface area contributed by atoms with E-state index >= 15 is 0 Å². The molecule has 6 heteroatoms. The molecule has 0 saturated heterocycles. The third-order valence-electron chi connectivity index (χ3n) is 2.37. The first-order valence-electron chi connectivity index (χ1n) is 5.47. The molecule has 0 radical (unpaired) electrons. The number of nitrogens with one attached hydrogen (secondary N) is 1. The molecule has 1 rings (SSSR count). The number of rotatable bonds is 4. The van der Waals surface area contributed by atoms with Gasteiger partial charge in [-0.15, -0.1) is 0 Å². The normalized spacial score (nSPS) is 14.9. The lowest BCUT2D eigenvalue weighted by molar-refractivity contribution is -0.141. The first kappa shape index (κ1) is 14.5. The Labute approximate surface area is 103 Å². The molecule has 0 aliphatic carbocycles. The molecule has 0 fully saturated rings. The minimum Gasteiger partial charge on any atom is -0.352 e. The fraction of sp³-hybridized carbons (Fsp3) is 0.417. The molecule has 1 aromatic rings. The van der Waals surface area contributed by atoms with Crippen molar-refractivity contribution in [3.05, 3.63) is 35.9 Å². The molecule has 2 atom stereocenters. The SMILES string of the molecule is CC(CC(F)(F)F)NC(=O)C(N)c1ccccc1. The van der Waals surface area contributed by atoms with Gasteiger partial charge in [0.2, 0.25) is 5.91 Å². The van der Waals surface area contributed by atoms with Crippen LogP contribution in [0.2, 0.25) is 0 Å². The van der Waals surface area contributed by atoms with Gasteiger partial charge in [-0.05, 0) is 12.5 Å². The molecule has 0 saturated carbocycles. The predicted molar refractivity (Wildman–Crippen MR) is 61.6 cm³/mol. The lowest BCUT2D eigenvalue weighted by Crippen LogP contribution is -2.41. The Bertz CT molecular complexity index is 392. The maximum atomic E-state index is 12.1. The lowest BCUT2D eigenvalue weighted by atomic mass is 10.1. The lowest BCUT2D eigenvalue weighted by Gasteiger charge is -2.18. The number of nitrogens with two attached hydrogens (primary N) is 1. The predicted octanol–water partition coefficient (Wildman–Crippen LogP) is 2.14. The third kappa shape index (κ3) is 4.75. The molecule has 0 bridgehead atoms. The van der Waals surface area contributed by atoms with Gasteiger partial charge in [-0.3, -0.25) is 4.79 Å². The van der Waals surface area contributed by atoms with E-state index in [1.807, 2.05) is 0 Å². The highest BCUT2D eigenvalue weighted by atomic mass is 19.4. The van der Waals surface area contributed by atoms with Gasteiger partial charge in [-0.1, -0.05) is 30.3 Å². The minimum atomic E-state index is -4.30. The summed E-state index contributed by atoms with van der Waals surface area (Å²) in [5.41, 5.74) is 6.22. The van der Waals surface area contributed by atoms with Gasteiger partial charge in [0.15, 0.2) is 0 Å². The van der Waals surface area contributed by atoms with Crippen molar-refractivity contribution >= 4 is 5.91 Å². The van der Waals surface area contributed by atoms with Gasteiger partial charge in [0.05, 0.1) is 6.42 Å². The maximum absolute atomic E-state index is 12.1. The highest BCUT2D eigenvalue weighted by Gasteiger charge is 2.31. The molecular formula is C12H15F3N2O. The van der Waals surface area contributed by atoms with Crippen LogP contribution in [0.25, 0.3) is 0 Å². The summed E-state index contributed by atoms with van der Waals surface area (Å²) in [6.45, 7) is 1.29. The van der Waals surface area contributed by atoms with Crippen LogP contribution in [0.4, 0.5) is 13.2 Å². The van der Waals surface area contributed by atoms with Crippen molar-refractivity contribution in [1.29, 1.82) is 0 Å². The van der Waals surface area contributed by atoms with Gasteiger partial charge >= 0.3 is 6.18 Å². The van der Waals surface area contributed by atoms with Crippen LogP contribution in [-0.2, 0) is 4.79 Å². The van der Waals surface area contributed by atoms with Gasteiger partial charge in [0.1, 0.15) is 6.04 Å². The topological polar surface area (TPSA) is 55.1 Å². The molecule has 1 amide bonds. The molecule has 0 heterocycles. The van der Waals surface area contributed by atoms with E-state index in [9.17, 15) is 18.0 Å². The van der Waals surface area contributed by atoms with Crippen LogP contribution in [0.3, 0.4) is 0 Å².